The number of nitrogens with one attached hydrogen (secondary N) is 1. The first-order valence-electron chi connectivity index (χ1n) is 10.7. The molecule has 1 heterocycles. The fourth-order valence-electron chi connectivity index (χ4n) is 3.89. The molecular formula is C27H28N2O4. The number of aromatic nitrogens is 2. The lowest BCUT2D eigenvalue weighted by Crippen LogP contribution is -1.98. The van der Waals surface area contributed by atoms with Gasteiger partial charge in [0.05, 0.1) is 14.2 Å². The van der Waals surface area contributed by atoms with E-state index in [1.807, 2.05) is 37.3 Å². The van der Waals surface area contributed by atoms with Crippen LogP contribution in [-0.4, -0.2) is 29.5 Å². The summed E-state index contributed by atoms with van der Waals surface area (Å²) in [5.74, 6) is 1.97. The molecule has 3 aromatic carbocycles. The zero-order valence-corrected chi connectivity index (χ0v) is 19.5. The van der Waals surface area contributed by atoms with E-state index < -0.39 is 0 Å². The summed E-state index contributed by atoms with van der Waals surface area (Å²) in [6, 6.07) is 17.3. The van der Waals surface area contributed by atoms with Gasteiger partial charge in [0, 0.05) is 22.9 Å². The van der Waals surface area contributed by atoms with E-state index in [4.69, 9.17) is 14.2 Å². The Balaban J connectivity index is 1.64. The van der Waals surface area contributed by atoms with Gasteiger partial charge in [-0.1, -0.05) is 29.8 Å². The number of nitrogens with zero attached hydrogens (tertiary/aromatic N) is 1. The topological polar surface area (TPSA) is 76.6 Å². The molecule has 0 amide bonds. The summed E-state index contributed by atoms with van der Waals surface area (Å²) in [6.45, 7) is 6.51. The van der Waals surface area contributed by atoms with Crippen molar-refractivity contribution in [3.05, 3.63) is 77.0 Å². The molecule has 4 aromatic rings. The Morgan fingerprint density at radius 1 is 0.879 bits per heavy atom. The summed E-state index contributed by atoms with van der Waals surface area (Å²) in [7, 11) is 3.21. The Hall–Kier alpha value is -3.93. The lowest BCUT2D eigenvalue weighted by molar-refractivity contribution is 0.303. The van der Waals surface area contributed by atoms with Crippen molar-refractivity contribution in [2.24, 2.45) is 0 Å². The highest BCUT2D eigenvalue weighted by molar-refractivity contribution is 5.86. The van der Waals surface area contributed by atoms with Gasteiger partial charge < -0.3 is 19.3 Å². The Morgan fingerprint density at radius 2 is 1.67 bits per heavy atom. The van der Waals surface area contributed by atoms with E-state index in [9.17, 15) is 5.11 Å². The SMILES string of the molecule is COc1ccc(-c2c(-c3ccc(OCc4cc(C)ccc4C)cc3O)n[nH]c2C)cc1OC. The summed E-state index contributed by atoms with van der Waals surface area (Å²) in [5, 5.41) is 18.3. The predicted octanol–water partition coefficient (Wildman–Crippen LogP) is 5.97. The second-order valence-electron chi connectivity index (χ2n) is 8.04. The van der Waals surface area contributed by atoms with Gasteiger partial charge in [0.15, 0.2) is 11.5 Å². The number of H-pyrrole nitrogens is 1. The van der Waals surface area contributed by atoms with Crippen LogP contribution < -0.4 is 14.2 Å². The van der Waals surface area contributed by atoms with Gasteiger partial charge >= 0.3 is 0 Å². The lowest BCUT2D eigenvalue weighted by atomic mass is 9.98. The van der Waals surface area contributed by atoms with E-state index in [0.717, 1.165) is 22.4 Å². The standard InChI is InChI=1S/C27H28N2O4/c1-16-6-7-17(2)20(12-16)15-33-21-9-10-22(23(30)14-21)27-26(18(3)28-29-27)19-8-11-24(31-4)25(13-19)32-5/h6-14,30H,15H2,1-5H3,(H,28,29). The molecule has 170 valence electrons. The van der Waals surface area contributed by atoms with Gasteiger partial charge in [0.1, 0.15) is 23.8 Å². The molecule has 0 fully saturated rings. The fourth-order valence-corrected chi connectivity index (χ4v) is 3.89. The molecule has 0 atom stereocenters. The smallest absolute Gasteiger partial charge is 0.161 e. The van der Waals surface area contributed by atoms with Crippen molar-refractivity contribution >= 4 is 0 Å². The first-order chi connectivity index (χ1) is 15.9. The number of phenols is 1. The van der Waals surface area contributed by atoms with Gasteiger partial charge in [-0.2, -0.15) is 5.10 Å². The molecule has 0 spiro atoms. The minimum Gasteiger partial charge on any atom is -0.507 e. The van der Waals surface area contributed by atoms with Gasteiger partial charge in [-0.3, -0.25) is 5.10 Å². The Morgan fingerprint density at radius 3 is 2.39 bits per heavy atom. The fraction of sp³-hybridized carbons (Fsp3) is 0.222. The molecule has 0 aliphatic heterocycles. The number of ether oxygens (including phenoxy) is 3. The third-order valence-corrected chi connectivity index (χ3v) is 5.74. The molecule has 6 nitrogen and oxygen atoms in total. The zero-order valence-electron chi connectivity index (χ0n) is 19.5. The van der Waals surface area contributed by atoms with E-state index in [-0.39, 0.29) is 5.75 Å². The second-order valence-corrected chi connectivity index (χ2v) is 8.04. The predicted molar refractivity (Wildman–Crippen MR) is 129 cm³/mol. The number of aryl methyl sites for hydroxylation is 3. The quantitative estimate of drug-likeness (QED) is 0.367. The Bertz CT molecular complexity index is 1290. The maximum Gasteiger partial charge on any atom is 0.161 e. The molecule has 6 heteroatoms. The monoisotopic (exact) mass is 444 g/mol. The number of hydrogen-bond acceptors (Lipinski definition) is 5. The van der Waals surface area contributed by atoms with Gasteiger partial charge in [-0.05, 0) is 61.7 Å². The van der Waals surface area contributed by atoms with Gasteiger partial charge in [0.25, 0.3) is 0 Å². The Kier molecular flexibility index (Phi) is 6.27. The van der Waals surface area contributed by atoms with Crippen molar-refractivity contribution < 1.29 is 19.3 Å². The van der Waals surface area contributed by atoms with Crippen LogP contribution in [0.3, 0.4) is 0 Å². The van der Waals surface area contributed by atoms with Gasteiger partial charge in [-0.25, -0.2) is 0 Å². The van der Waals surface area contributed by atoms with Crippen molar-refractivity contribution in [1.29, 1.82) is 0 Å². The molecule has 4 rings (SSSR count). The van der Waals surface area contributed by atoms with Crippen LogP contribution in [0, 0.1) is 20.8 Å². The van der Waals surface area contributed by atoms with Crippen LogP contribution in [0.1, 0.15) is 22.4 Å². The van der Waals surface area contributed by atoms with Crippen molar-refractivity contribution in [3.63, 3.8) is 0 Å². The van der Waals surface area contributed by atoms with E-state index in [1.165, 1.54) is 11.1 Å². The molecule has 0 saturated heterocycles. The van der Waals surface area contributed by atoms with Crippen LogP contribution in [0.4, 0.5) is 0 Å². The molecule has 0 bridgehead atoms. The van der Waals surface area contributed by atoms with Gasteiger partial charge in [0.2, 0.25) is 0 Å². The number of rotatable bonds is 7. The van der Waals surface area contributed by atoms with Crippen LogP contribution in [0.5, 0.6) is 23.0 Å². The summed E-state index contributed by atoms with van der Waals surface area (Å²) >= 11 is 0. The number of aromatic hydroxyl groups is 1. The van der Waals surface area contributed by atoms with Crippen molar-refractivity contribution in [1.82, 2.24) is 10.2 Å². The van der Waals surface area contributed by atoms with Gasteiger partial charge in [-0.15, -0.1) is 0 Å². The second kappa shape index (κ2) is 9.28. The average Bonchev–Trinajstić information content (AvgIpc) is 3.20. The number of phenolic OH excluding ortho intramolecular Hbond substituents is 1. The summed E-state index contributed by atoms with van der Waals surface area (Å²) < 4.78 is 16.8. The molecule has 0 saturated carbocycles. The van der Waals surface area contributed by atoms with E-state index in [2.05, 4.69) is 42.2 Å². The largest absolute Gasteiger partial charge is 0.507 e. The molecule has 2 N–H and O–H groups in total. The summed E-state index contributed by atoms with van der Waals surface area (Å²) in [4.78, 5) is 0. The van der Waals surface area contributed by atoms with Crippen LogP contribution in [0.2, 0.25) is 0 Å². The lowest BCUT2D eigenvalue weighted by Gasteiger charge is -2.13. The molecule has 1 aromatic heterocycles. The minimum absolute atomic E-state index is 0.0988. The highest BCUT2D eigenvalue weighted by atomic mass is 16.5. The zero-order chi connectivity index (χ0) is 23.5. The van der Waals surface area contributed by atoms with Crippen LogP contribution >= 0.6 is 0 Å². The summed E-state index contributed by atoms with van der Waals surface area (Å²) in [6.07, 6.45) is 0. The molecule has 0 radical (unpaired) electrons. The van der Waals surface area contributed by atoms with Crippen LogP contribution in [-0.2, 0) is 6.61 Å². The van der Waals surface area contributed by atoms with E-state index >= 15 is 0 Å². The number of methoxy groups -OCH3 is 2. The number of aromatic amines is 1. The van der Waals surface area contributed by atoms with E-state index in [1.54, 1.807) is 20.3 Å². The van der Waals surface area contributed by atoms with Crippen LogP contribution in [0.15, 0.2) is 54.6 Å². The average molecular weight is 445 g/mol. The molecular weight excluding hydrogens is 416 g/mol. The van der Waals surface area contributed by atoms with Crippen LogP contribution in [0.25, 0.3) is 22.4 Å². The minimum atomic E-state index is 0.0988. The first-order valence-corrected chi connectivity index (χ1v) is 10.7. The number of hydrogen-bond donors (Lipinski definition) is 2. The molecule has 0 unspecified atom stereocenters. The molecule has 0 aliphatic carbocycles. The highest BCUT2D eigenvalue weighted by Gasteiger charge is 2.19. The maximum absolute atomic E-state index is 10.8. The first kappa shape index (κ1) is 22.3. The highest BCUT2D eigenvalue weighted by Crippen LogP contribution is 2.41. The van der Waals surface area contributed by atoms with Crippen molar-refractivity contribution in [2.75, 3.05) is 14.2 Å². The molecule has 33 heavy (non-hydrogen) atoms. The number of benzene rings is 3. The van der Waals surface area contributed by atoms with Crippen molar-refractivity contribution in [3.8, 4) is 45.4 Å². The molecule has 0 aliphatic rings. The van der Waals surface area contributed by atoms with Crippen molar-refractivity contribution in [2.45, 2.75) is 27.4 Å². The summed E-state index contributed by atoms with van der Waals surface area (Å²) in [5.41, 5.74) is 7.42. The third-order valence-electron chi connectivity index (χ3n) is 5.74. The third kappa shape index (κ3) is 4.51. The normalized spacial score (nSPS) is 10.8. The van der Waals surface area contributed by atoms with E-state index in [0.29, 0.717) is 35.1 Å². The maximum atomic E-state index is 10.8. The Labute approximate surface area is 193 Å².